The van der Waals surface area contributed by atoms with E-state index in [9.17, 15) is 14.7 Å². The summed E-state index contributed by atoms with van der Waals surface area (Å²) in [5.74, 6) is -0.475. The van der Waals surface area contributed by atoms with E-state index < -0.39 is 17.7 Å². The van der Waals surface area contributed by atoms with Gasteiger partial charge >= 0.3 is 0 Å². The molecular weight excluding hydrogens is 428 g/mol. The van der Waals surface area contributed by atoms with E-state index in [4.69, 9.17) is 4.74 Å². The third-order valence-electron chi connectivity index (χ3n) is 5.81. The van der Waals surface area contributed by atoms with Crippen LogP contribution in [0.3, 0.4) is 0 Å². The number of aliphatic hydroxyl groups excluding tert-OH is 1. The topological polar surface area (TPSA) is 79.7 Å². The number of aliphatic hydroxyl groups is 1. The summed E-state index contributed by atoms with van der Waals surface area (Å²) in [5.41, 5.74) is 3.06. The van der Waals surface area contributed by atoms with Gasteiger partial charge in [0.25, 0.3) is 11.7 Å². The summed E-state index contributed by atoms with van der Waals surface area (Å²) in [5, 5.41) is 11.3. The minimum atomic E-state index is -0.710. The monoisotopic (exact) mass is 456 g/mol. The van der Waals surface area contributed by atoms with Crippen LogP contribution in [-0.4, -0.2) is 33.3 Å². The van der Waals surface area contributed by atoms with Gasteiger partial charge in [-0.1, -0.05) is 44.2 Å². The van der Waals surface area contributed by atoms with Crippen LogP contribution in [0.25, 0.3) is 5.76 Å². The Kier molecular flexibility index (Phi) is 6.77. The van der Waals surface area contributed by atoms with Gasteiger partial charge in [-0.2, -0.15) is 0 Å². The molecule has 1 amide bonds. The zero-order valence-electron chi connectivity index (χ0n) is 19.6. The van der Waals surface area contributed by atoms with Gasteiger partial charge in [-0.05, 0) is 59.9 Å². The number of hydrogen-bond donors (Lipinski definition) is 1. The molecule has 1 aliphatic heterocycles. The quantitative estimate of drug-likeness (QED) is 0.306. The Morgan fingerprint density at radius 3 is 2.44 bits per heavy atom. The van der Waals surface area contributed by atoms with Crippen molar-refractivity contribution >= 4 is 17.4 Å². The van der Waals surface area contributed by atoms with Crippen LogP contribution in [0.2, 0.25) is 0 Å². The first-order chi connectivity index (χ1) is 16.4. The Labute approximate surface area is 199 Å². The van der Waals surface area contributed by atoms with E-state index in [0.717, 1.165) is 16.7 Å². The summed E-state index contributed by atoms with van der Waals surface area (Å²) >= 11 is 0. The second-order valence-electron chi connectivity index (χ2n) is 8.87. The molecule has 0 saturated carbocycles. The van der Waals surface area contributed by atoms with Crippen LogP contribution in [0.15, 0.2) is 78.6 Å². The molecule has 1 atom stereocenters. The van der Waals surface area contributed by atoms with Gasteiger partial charge in [0.05, 0.1) is 18.2 Å². The van der Waals surface area contributed by atoms with Gasteiger partial charge in [0, 0.05) is 24.5 Å². The van der Waals surface area contributed by atoms with E-state index in [1.165, 1.54) is 4.90 Å². The van der Waals surface area contributed by atoms with Crippen molar-refractivity contribution in [3.8, 4) is 5.75 Å². The van der Waals surface area contributed by atoms with E-state index >= 15 is 0 Å². The number of pyridine rings is 1. The molecule has 6 heteroatoms. The van der Waals surface area contributed by atoms with Gasteiger partial charge in [-0.3, -0.25) is 14.6 Å². The number of ketones is 1. The molecule has 1 N–H and O–H groups in total. The van der Waals surface area contributed by atoms with Crippen molar-refractivity contribution < 1.29 is 19.4 Å². The average molecular weight is 457 g/mol. The lowest BCUT2D eigenvalue weighted by atomic mass is 9.92. The van der Waals surface area contributed by atoms with Crippen molar-refractivity contribution in [2.75, 3.05) is 6.61 Å². The minimum Gasteiger partial charge on any atom is -0.507 e. The van der Waals surface area contributed by atoms with E-state index in [-0.39, 0.29) is 17.9 Å². The second kappa shape index (κ2) is 9.91. The van der Waals surface area contributed by atoms with Crippen molar-refractivity contribution in [2.45, 2.75) is 33.4 Å². The lowest BCUT2D eigenvalue weighted by Crippen LogP contribution is -2.29. The molecule has 2 heterocycles. The molecule has 4 rings (SSSR count). The minimum absolute atomic E-state index is 0.0824. The number of amides is 1. The fourth-order valence-electron chi connectivity index (χ4n) is 4.08. The Morgan fingerprint density at radius 1 is 1.06 bits per heavy atom. The molecule has 174 valence electrons. The first-order valence-corrected chi connectivity index (χ1v) is 11.3. The van der Waals surface area contributed by atoms with E-state index in [1.54, 1.807) is 42.7 Å². The fourth-order valence-corrected chi connectivity index (χ4v) is 4.08. The van der Waals surface area contributed by atoms with Gasteiger partial charge in [-0.15, -0.1) is 0 Å². The molecule has 6 nitrogen and oxygen atoms in total. The lowest BCUT2D eigenvalue weighted by molar-refractivity contribution is -0.140. The van der Waals surface area contributed by atoms with Gasteiger partial charge in [0.15, 0.2) is 0 Å². The summed E-state index contributed by atoms with van der Waals surface area (Å²) in [7, 11) is 0. The normalized spacial score (nSPS) is 17.4. The fraction of sp³-hybridized carbons (Fsp3) is 0.250. The smallest absolute Gasteiger partial charge is 0.295 e. The van der Waals surface area contributed by atoms with Gasteiger partial charge in [-0.25, -0.2) is 0 Å². The number of benzene rings is 2. The number of carbonyl (C=O) groups is 2. The Hall–Kier alpha value is -3.93. The molecule has 1 unspecified atom stereocenters. The highest BCUT2D eigenvalue weighted by Crippen LogP contribution is 2.41. The highest BCUT2D eigenvalue weighted by atomic mass is 16.5. The highest BCUT2D eigenvalue weighted by molar-refractivity contribution is 6.46. The summed E-state index contributed by atoms with van der Waals surface area (Å²) in [6.45, 7) is 6.85. The largest absolute Gasteiger partial charge is 0.507 e. The van der Waals surface area contributed by atoms with Crippen molar-refractivity contribution in [2.24, 2.45) is 5.92 Å². The molecular formula is C28H28N2O4. The standard InChI is InChI=1S/C28H28N2O4/c1-18(2)17-34-22-12-10-21(11-13-22)26(31)24-25(23-9-5-4-7-19(23)3)30(28(33)27(24)32)16-20-8-6-14-29-15-20/h4-15,18,25,31H,16-17H2,1-3H3/b26-24-. The number of aromatic nitrogens is 1. The number of Topliss-reactive ketones (excluding diaryl/α,β-unsaturated/α-hetero) is 1. The maximum Gasteiger partial charge on any atom is 0.295 e. The SMILES string of the molecule is Cc1ccccc1C1/C(=C(/O)c2ccc(OCC(C)C)cc2)C(=O)C(=O)N1Cc1cccnc1. The molecule has 1 saturated heterocycles. The third-order valence-corrected chi connectivity index (χ3v) is 5.81. The summed E-state index contributed by atoms with van der Waals surface area (Å²) in [6.07, 6.45) is 3.33. The van der Waals surface area contributed by atoms with Gasteiger partial charge in [0.1, 0.15) is 11.5 Å². The number of aryl methyl sites for hydroxylation is 1. The van der Waals surface area contributed by atoms with Gasteiger partial charge in [0.2, 0.25) is 0 Å². The van der Waals surface area contributed by atoms with Crippen molar-refractivity contribution in [1.82, 2.24) is 9.88 Å². The number of carbonyl (C=O) groups excluding carboxylic acids is 2. The first-order valence-electron chi connectivity index (χ1n) is 11.3. The molecule has 0 spiro atoms. The number of nitrogens with zero attached hydrogens (tertiary/aromatic N) is 2. The zero-order chi connectivity index (χ0) is 24.2. The molecule has 3 aromatic rings. The average Bonchev–Trinajstić information content (AvgIpc) is 3.08. The molecule has 34 heavy (non-hydrogen) atoms. The predicted octanol–water partition coefficient (Wildman–Crippen LogP) is 5.05. The lowest BCUT2D eigenvalue weighted by Gasteiger charge is -2.26. The van der Waals surface area contributed by atoms with Gasteiger partial charge < -0.3 is 14.7 Å². The van der Waals surface area contributed by atoms with Crippen molar-refractivity contribution in [1.29, 1.82) is 0 Å². The van der Waals surface area contributed by atoms with Crippen molar-refractivity contribution in [3.05, 3.63) is 101 Å². The predicted molar refractivity (Wildman–Crippen MR) is 130 cm³/mol. The molecule has 1 fully saturated rings. The Morgan fingerprint density at radius 2 is 1.79 bits per heavy atom. The number of rotatable bonds is 7. The summed E-state index contributed by atoms with van der Waals surface area (Å²) in [6, 6.07) is 17.4. The molecule has 0 radical (unpaired) electrons. The van der Waals surface area contributed by atoms with Crippen LogP contribution in [-0.2, 0) is 16.1 Å². The van der Waals surface area contributed by atoms with Crippen LogP contribution >= 0.6 is 0 Å². The molecule has 0 bridgehead atoms. The third kappa shape index (κ3) is 4.71. The number of likely N-dealkylation sites (tertiary alicyclic amines) is 1. The zero-order valence-corrected chi connectivity index (χ0v) is 19.6. The van der Waals surface area contributed by atoms with Crippen LogP contribution in [0.1, 0.15) is 42.1 Å². The number of ether oxygens (including phenoxy) is 1. The Bertz CT molecular complexity index is 1220. The van der Waals surface area contributed by atoms with Crippen molar-refractivity contribution in [3.63, 3.8) is 0 Å². The van der Waals surface area contributed by atoms with Crippen LogP contribution in [0, 0.1) is 12.8 Å². The molecule has 1 aromatic heterocycles. The Balaban J connectivity index is 1.77. The summed E-state index contributed by atoms with van der Waals surface area (Å²) in [4.78, 5) is 32.0. The van der Waals surface area contributed by atoms with Crippen LogP contribution < -0.4 is 4.74 Å². The molecule has 1 aliphatic rings. The molecule has 0 aliphatic carbocycles. The van der Waals surface area contributed by atoms with E-state index in [1.807, 2.05) is 37.3 Å². The van der Waals surface area contributed by atoms with Crippen LogP contribution in [0.5, 0.6) is 5.75 Å². The first kappa shape index (κ1) is 23.2. The maximum absolute atomic E-state index is 13.2. The highest BCUT2D eigenvalue weighted by Gasteiger charge is 2.46. The number of hydrogen-bond acceptors (Lipinski definition) is 5. The maximum atomic E-state index is 13.2. The second-order valence-corrected chi connectivity index (χ2v) is 8.87. The van der Waals surface area contributed by atoms with E-state index in [0.29, 0.717) is 23.8 Å². The van der Waals surface area contributed by atoms with Crippen LogP contribution in [0.4, 0.5) is 0 Å². The summed E-state index contributed by atoms with van der Waals surface area (Å²) < 4.78 is 5.72. The molecule has 2 aromatic carbocycles. The van der Waals surface area contributed by atoms with E-state index in [2.05, 4.69) is 18.8 Å².